The topological polar surface area (TPSA) is 47.9 Å². The lowest BCUT2D eigenvalue weighted by Crippen LogP contribution is -2.39. The van der Waals surface area contributed by atoms with Crippen molar-refractivity contribution in [1.82, 2.24) is 0 Å². The first-order chi connectivity index (χ1) is 15.7. The predicted molar refractivity (Wildman–Crippen MR) is 146 cm³/mol. The zero-order valence-corrected chi connectivity index (χ0v) is 24.8. The standard InChI is InChI=1S/C28H48O4Si2/c1-27(2,3)34(7,8)30-20-22(21-33(4,5)6)19-24(29)26-25(23-15-11-9-12-16-23)31-28(32-26)17-13-10-14-18-28/h9,11-12,15-16,20,24-26,29H,10,13-14,17-19,21H2,1-8H3/b22-20-/t24?,25-,26-/m0/s1. The zero-order chi connectivity index (χ0) is 25.2. The molecule has 6 heteroatoms. The minimum atomic E-state index is -1.92. The maximum atomic E-state index is 11.6. The normalized spacial score (nSPS) is 24.9. The molecule has 1 unspecified atom stereocenters. The fourth-order valence-electron chi connectivity index (χ4n) is 4.78. The summed E-state index contributed by atoms with van der Waals surface area (Å²) >= 11 is 0. The van der Waals surface area contributed by atoms with E-state index in [2.05, 4.69) is 65.6 Å². The van der Waals surface area contributed by atoms with Gasteiger partial charge in [0.25, 0.3) is 0 Å². The SMILES string of the molecule is CC(C)(C)[Si](C)(C)O/C=C(/CC(O)[C@@H]1OC2(CCCCC2)O[C@H]1c1ccccc1)C[Si](C)(C)C. The highest BCUT2D eigenvalue weighted by Gasteiger charge is 2.51. The van der Waals surface area contributed by atoms with Crippen molar-refractivity contribution < 1.29 is 19.0 Å². The van der Waals surface area contributed by atoms with Crippen molar-refractivity contribution in [3.8, 4) is 0 Å². The third-order valence-electron chi connectivity index (χ3n) is 7.67. The van der Waals surface area contributed by atoms with E-state index in [9.17, 15) is 5.11 Å². The number of hydrogen-bond donors (Lipinski definition) is 1. The Labute approximate surface area is 210 Å². The van der Waals surface area contributed by atoms with Crippen LogP contribution in [0.4, 0.5) is 0 Å². The van der Waals surface area contributed by atoms with Gasteiger partial charge in [0, 0.05) is 20.9 Å². The van der Waals surface area contributed by atoms with Crippen LogP contribution in [0.15, 0.2) is 42.2 Å². The molecule has 1 aromatic rings. The number of ether oxygens (including phenoxy) is 2. The molecule has 0 aromatic heterocycles. The molecule has 1 aliphatic heterocycles. The second-order valence-electron chi connectivity index (χ2n) is 13.2. The highest BCUT2D eigenvalue weighted by Crippen LogP contribution is 2.47. The molecule has 34 heavy (non-hydrogen) atoms. The summed E-state index contributed by atoms with van der Waals surface area (Å²) in [5, 5.41) is 11.7. The molecule has 1 saturated carbocycles. The molecule has 1 aliphatic carbocycles. The van der Waals surface area contributed by atoms with E-state index in [1.54, 1.807) is 0 Å². The molecule has 0 radical (unpaired) electrons. The third-order valence-corrected chi connectivity index (χ3v) is 13.5. The monoisotopic (exact) mass is 504 g/mol. The van der Waals surface area contributed by atoms with Crippen LogP contribution in [-0.2, 0) is 13.9 Å². The summed E-state index contributed by atoms with van der Waals surface area (Å²) in [5.74, 6) is -0.551. The van der Waals surface area contributed by atoms with Crippen LogP contribution in [-0.4, -0.2) is 39.5 Å². The highest BCUT2D eigenvalue weighted by molar-refractivity contribution is 6.76. The van der Waals surface area contributed by atoms with Crippen molar-refractivity contribution in [2.45, 2.75) is 127 Å². The first-order valence-corrected chi connectivity index (χ1v) is 19.8. The van der Waals surface area contributed by atoms with E-state index in [1.807, 2.05) is 24.5 Å². The quantitative estimate of drug-likeness (QED) is 0.290. The van der Waals surface area contributed by atoms with Gasteiger partial charge in [-0.3, -0.25) is 0 Å². The van der Waals surface area contributed by atoms with Crippen molar-refractivity contribution in [2.24, 2.45) is 0 Å². The third kappa shape index (κ3) is 7.06. The van der Waals surface area contributed by atoms with Gasteiger partial charge < -0.3 is 19.0 Å². The molecule has 2 aliphatic rings. The van der Waals surface area contributed by atoms with Crippen LogP contribution in [0.2, 0.25) is 43.8 Å². The molecule has 192 valence electrons. The predicted octanol–water partition coefficient (Wildman–Crippen LogP) is 7.80. The lowest BCUT2D eigenvalue weighted by molar-refractivity contribution is -0.200. The van der Waals surface area contributed by atoms with E-state index in [0.717, 1.165) is 37.3 Å². The first kappa shape index (κ1) is 27.7. The molecular formula is C28H48O4Si2. The van der Waals surface area contributed by atoms with Gasteiger partial charge in [-0.1, -0.05) is 77.2 Å². The van der Waals surface area contributed by atoms with E-state index >= 15 is 0 Å². The molecule has 1 saturated heterocycles. The molecule has 3 atom stereocenters. The highest BCUT2D eigenvalue weighted by atomic mass is 28.4. The molecule has 1 heterocycles. The Balaban J connectivity index is 1.84. The molecule has 1 N–H and O–H groups in total. The number of aliphatic hydroxyl groups is 1. The van der Waals surface area contributed by atoms with E-state index in [-0.39, 0.29) is 17.2 Å². The van der Waals surface area contributed by atoms with Crippen molar-refractivity contribution in [1.29, 1.82) is 0 Å². The summed E-state index contributed by atoms with van der Waals surface area (Å²) in [6.07, 6.45) is 6.58. The smallest absolute Gasteiger partial charge is 0.249 e. The van der Waals surface area contributed by atoms with E-state index in [4.69, 9.17) is 13.9 Å². The van der Waals surface area contributed by atoms with Gasteiger partial charge in [-0.25, -0.2) is 0 Å². The average molecular weight is 505 g/mol. The molecular weight excluding hydrogens is 456 g/mol. The second-order valence-corrected chi connectivity index (χ2v) is 23.4. The van der Waals surface area contributed by atoms with Crippen LogP contribution in [0.25, 0.3) is 0 Å². The van der Waals surface area contributed by atoms with Gasteiger partial charge in [-0.05, 0) is 54.6 Å². The van der Waals surface area contributed by atoms with Crippen molar-refractivity contribution in [3.63, 3.8) is 0 Å². The van der Waals surface area contributed by atoms with Gasteiger partial charge in [0.15, 0.2) is 5.79 Å². The van der Waals surface area contributed by atoms with Crippen LogP contribution < -0.4 is 0 Å². The Morgan fingerprint density at radius 1 is 1.06 bits per heavy atom. The number of benzene rings is 1. The van der Waals surface area contributed by atoms with Gasteiger partial charge in [-0.15, -0.1) is 0 Å². The van der Waals surface area contributed by atoms with E-state index in [0.29, 0.717) is 6.42 Å². The molecule has 4 nitrogen and oxygen atoms in total. The van der Waals surface area contributed by atoms with Crippen LogP contribution in [0.5, 0.6) is 0 Å². The number of aliphatic hydroxyl groups excluding tert-OH is 1. The summed E-state index contributed by atoms with van der Waals surface area (Å²) in [6.45, 7) is 18.5. The maximum absolute atomic E-state index is 11.6. The number of rotatable bonds is 8. The van der Waals surface area contributed by atoms with Crippen LogP contribution in [0.3, 0.4) is 0 Å². The van der Waals surface area contributed by atoms with Gasteiger partial charge in [0.1, 0.15) is 12.2 Å². The summed E-state index contributed by atoms with van der Waals surface area (Å²) in [6, 6.07) is 11.3. The fraction of sp³-hybridized carbons (Fsp3) is 0.714. The molecule has 0 amide bonds. The first-order valence-electron chi connectivity index (χ1n) is 13.2. The summed E-state index contributed by atoms with van der Waals surface area (Å²) in [7, 11) is -3.33. The lowest BCUT2D eigenvalue weighted by Gasteiger charge is -2.36. The zero-order valence-electron chi connectivity index (χ0n) is 22.8. The van der Waals surface area contributed by atoms with Gasteiger partial charge in [0.2, 0.25) is 8.32 Å². The second kappa shape index (κ2) is 10.6. The Hall–Kier alpha value is -0.926. The van der Waals surface area contributed by atoms with Gasteiger partial charge in [-0.2, -0.15) is 0 Å². The lowest BCUT2D eigenvalue weighted by atomic mass is 9.94. The summed E-state index contributed by atoms with van der Waals surface area (Å²) < 4.78 is 19.8. The van der Waals surface area contributed by atoms with Crippen molar-refractivity contribution >= 4 is 16.4 Å². The van der Waals surface area contributed by atoms with E-state index < -0.39 is 28.3 Å². The van der Waals surface area contributed by atoms with Crippen molar-refractivity contribution in [2.75, 3.05) is 0 Å². The fourth-order valence-corrected chi connectivity index (χ4v) is 7.18. The molecule has 0 bridgehead atoms. The van der Waals surface area contributed by atoms with Gasteiger partial charge >= 0.3 is 0 Å². The van der Waals surface area contributed by atoms with Crippen LogP contribution in [0.1, 0.15) is 71.0 Å². The Bertz CT molecular complexity index is 817. The largest absolute Gasteiger partial charge is 0.549 e. The average Bonchev–Trinajstić information content (AvgIpc) is 3.10. The number of hydrogen-bond acceptors (Lipinski definition) is 4. The van der Waals surface area contributed by atoms with Crippen LogP contribution in [0, 0.1) is 0 Å². The van der Waals surface area contributed by atoms with Crippen molar-refractivity contribution in [3.05, 3.63) is 47.7 Å². The van der Waals surface area contributed by atoms with Gasteiger partial charge in [0.05, 0.1) is 12.4 Å². The van der Waals surface area contributed by atoms with E-state index in [1.165, 1.54) is 12.0 Å². The molecule has 1 spiro atoms. The molecule has 2 fully saturated rings. The minimum Gasteiger partial charge on any atom is -0.549 e. The molecule has 1 aromatic carbocycles. The van der Waals surface area contributed by atoms with Crippen LogP contribution >= 0.6 is 0 Å². The summed E-state index contributed by atoms with van der Waals surface area (Å²) in [4.78, 5) is 0. The minimum absolute atomic E-state index is 0.139. The molecule has 3 rings (SSSR count). The Morgan fingerprint density at radius 2 is 1.68 bits per heavy atom. The Morgan fingerprint density at radius 3 is 2.24 bits per heavy atom. The Kier molecular flexibility index (Phi) is 8.62. The maximum Gasteiger partial charge on any atom is 0.249 e. The summed E-state index contributed by atoms with van der Waals surface area (Å²) in [5.41, 5.74) is 2.29.